The molecular formula is C13H16N4O3. The Morgan fingerprint density at radius 3 is 3.20 bits per heavy atom. The van der Waals surface area contributed by atoms with Crippen LogP contribution in [0.5, 0.6) is 0 Å². The lowest BCUT2D eigenvalue weighted by Gasteiger charge is -2.23. The number of carbonyl (C=O) groups is 1. The Labute approximate surface area is 115 Å². The van der Waals surface area contributed by atoms with E-state index in [2.05, 4.69) is 14.9 Å². The molecule has 0 aromatic carbocycles. The zero-order chi connectivity index (χ0) is 14.1. The average molecular weight is 276 g/mol. The van der Waals surface area contributed by atoms with Gasteiger partial charge in [-0.05, 0) is 13.3 Å². The van der Waals surface area contributed by atoms with Crippen LogP contribution in [0.15, 0.2) is 18.6 Å². The van der Waals surface area contributed by atoms with Gasteiger partial charge in [0.2, 0.25) is 0 Å². The van der Waals surface area contributed by atoms with Crippen LogP contribution in [0.4, 0.5) is 5.82 Å². The summed E-state index contributed by atoms with van der Waals surface area (Å²) >= 11 is 0. The van der Waals surface area contributed by atoms with Crippen molar-refractivity contribution in [2.45, 2.75) is 19.4 Å². The standard InChI is InChI=1S/C13H16N4O3/c1-9-7-16(4-2-6-20-9)11-12-15-10(13(18)19)8-17(12)5-3-14-11/h3,5,8-9H,2,4,6-7H2,1H3,(H,18,19). The van der Waals surface area contributed by atoms with Gasteiger partial charge in [-0.15, -0.1) is 0 Å². The van der Waals surface area contributed by atoms with Gasteiger partial charge in [0.25, 0.3) is 0 Å². The molecule has 1 aliphatic heterocycles. The summed E-state index contributed by atoms with van der Waals surface area (Å²) in [7, 11) is 0. The number of carboxylic acid groups (broad SMARTS) is 1. The van der Waals surface area contributed by atoms with E-state index in [1.165, 1.54) is 6.20 Å². The van der Waals surface area contributed by atoms with Crippen molar-refractivity contribution in [3.8, 4) is 0 Å². The monoisotopic (exact) mass is 276 g/mol. The lowest BCUT2D eigenvalue weighted by molar-refractivity contribution is 0.0691. The van der Waals surface area contributed by atoms with E-state index in [0.29, 0.717) is 11.5 Å². The minimum atomic E-state index is -1.03. The van der Waals surface area contributed by atoms with Crippen molar-refractivity contribution in [3.05, 3.63) is 24.3 Å². The number of anilines is 1. The van der Waals surface area contributed by atoms with Gasteiger partial charge in [-0.2, -0.15) is 0 Å². The molecule has 20 heavy (non-hydrogen) atoms. The van der Waals surface area contributed by atoms with Crippen LogP contribution < -0.4 is 4.90 Å². The fourth-order valence-corrected chi connectivity index (χ4v) is 2.42. The number of imidazole rings is 1. The lowest BCUT2D eigenvalue weighted by atomic mass is 10.3. The first-order valence-electron chi connectivity index (χ1n) is 6.58. The van der Waals surface area contributed by atoms with Crippen LogP contribution in [-0.2, 0) is 4.74 Å². The van der Waals surface area contributed by atoms with Gasteiger partial charge in [0.1, 0.15) is 0 Å². The van der Waals surface area contributed by atoms with Crippen LogP contribution in [0.3, 0.4) is 0 Å². The third-order valence-electron chi connectivity index (χ3n) is 3.33. The van der Waals surface area contributed by atoms with Crippen LogP contribution >= 0.6 is 0 Å². The minimum absolute atomic E-state index is 0.0263. The topological polar surface area (TPSA) is 80.0 Å². The number of ether oxygens (including phenoxy) is 1. The van der Waals surface area contributed by atoms with Crippen LogP contribution in [0.1, 0.15) is 23.8 Å². The SMILES string of the molecule is CC1CN(c2nccn3cc(C(=O)O)nc23)CCCO1. The molecule has 106 valence electrons. The molecule has 7 heteroatoms. The molecule has 0 radical (unpaired) electrons. The molecule has 0 amide bonds. The molecule has 1 saturated heterocycles. The van der Waals surface area contributed by atoms with Gasteiger partial charge in [0.05, 0.1) is 6.10 Å². The summed E-state index contributed by atoms with van der Waals surface area (Å²) in [6.45, 7) is 4.30. The number of carboxylic acids is 1. The van der Waals surface area contributed by atoms with E-state index in [-0.39, 0.29) is 11.8 Å². The Morgan fingerprint density at radius 2 is 2.40 bits per heavy atom. The Bertz CT molecular complexity index is 640. The summed E-state index contributed by atoms with van der Waals surface area (Å²) in [6, 6.07) is 0. The van der Waals surface area contributed by atoms with Crippen LogP contribution in [0.2, 0.25) is 0 Å². The molecule has 7 nitrogen and oxygen atoms in total. The van der Waals surface area contributed by atoms with E-state index in [0.717, 1.165) is 26.1 Å². The highest BCUT2D eigenvalue weighted by Gasteiger charge is 2.20. The molecule has 0 bridgehead atoms. The van der Waals surface area contributed by atoms with Crippen molar-refractivity contribution in [3.63, 3.8) is 0 Å². The van der Waals surface area contributed by atoms with Crippen molar-refractivity contribution in [1.82, 2.24) is 14.4 Å². The number of aromatic nitrogens is 3. The van der Waals surface area contributed by atoms with Gasteiger partial charge in [-0.25, -0.2) is 14.8 Å². The predicted molar refractivity (Wildman–Crippen MR) is 72.2 cm³/mol. The molecule has 0 spiro atoms. The Balaban J connectivity index is 2.03. The lowest BCUT2D eigenvalue weighted by Crippen LogP contribution is -2.31. The summed E-state index contributed by atoms with van der Waals surface area (Å²) in [5, 5.41) is 9.04. The van der Waals surface area contributed by atoms with Crippen molar-refractivity contribution in [2.75, 3.05) is 24.6 Å². The van der Waals surface area contributed by atoms with Crippen LogP contribution in [-0.4, -0.2) is 51.2 Å². The molecule has 0 saturated carbocycles. The number of hydrogen-bond acceptors (Lipinski definition) is 5. The zero-order valence-electron chi connectivity index (χ0n) is 11.2. The van der Waals surface area contributed by atoms with E-state index in [1.54, 1.807) is 16.8 Å². The molecule has 2 aromatic heterocycles. The first-order valence-corrected chi connectivity index (χ1v) is 6.58. The Hall–Kier alpha value is -2.15. The molecule has 1 N–H and O–H groups in total. The first-order chi connectivity index (χ1) is 9.65. The summed E-state index contributed by atoms with van der Waals surface area (Å²) in [5.74, 6) is -0.329. The van der Waals surface area contributed by atoms with Gasteiger partial charge in [0.15, 0.2) is 17.2 Å². The third kappa shape index (κ3) is 2.32. The van der Waals surface area contributed by atoms with Gasteiger partial charge in [0, 0.05) is 38.3 Å². The minimum Gasteiger partial charge on any atom is -0.476 e. The maximum atomic E-state index is 11.0. The number of rotatable bonds is 2. The molecule has 1 atom stereocenters. The Morgan fingerprint density at radius 1 is 1.55 bits per heavy atom. The molecule has 1 aliphatic rings. The summed E-state index contributed by atoms with van der Waals surface area (Å²) in [5.41, 5.74) is 0.595. The van der Waals surface area contributed by atoms with Crippen LogP contribution in [0, 0.1) is 0 Å². The maximum Gasteiger partial charge on any atom is 0.356 e. The highest BCUT2D eigenvalue weighted by molar-refractivity contribution is 5.87. The highest BCUT2D eigenvalue weighted by Crippen LogP contribution is 2.20. The second-order valence-corrected chi connectivity index (χ2v) is 4.89. The molecular weight excluding hydrogens is 260 g/mol. The molecule has 0 aliphatic carbocycles. The molecule has 2 aromatic rings. The fourth-order valence-electron chi connectivity index (χ4n) is 2.42. The number of hydrogen-bond donors (Lipinski definition) is 1. The summed E-state index contributed by atoms with van der Waals surface area (Å²) < 4.78 is 7.32. The Kier molecular flexibility index (Phi) is 3.27. The van der Waals surface area contributed by atoms with E-state index >= 15 is 0 Å². The van der Waals surface area contributed by atoms with Crippen molar-refractivity contribution in [1.29, 1.82) is 0 Å². The summed E-state index contributed by atoms with van der Waals surface area (Å²) in [6.07, 6.45) is 5.90. The van der Waals surface area contributed by atoms with Crippen molar-refractivity contribution < 1.29 is 14.6 Å². The van der Waals surface area contributed by atoms with Gasteiger partial charge < -0.3 is 19.1 Å². The second-order valence-electron chi connectivity index (χ2n) is 4.89. The van der Waals surface area contributed by atoms with Gasteiger partial charge in [-0.1, -0.05) is 0 Å². The number of aromatic carboxylic acids is 1. The molecule has 3 rings (SSSR count). The average Bonchev–Trinajstić information content (AvgIpc) is 2.75. The predicted octanol–water partition coefficient (Wildman–Crippen LogP) is 1.04. The largest absolute Gasteiger partial charge is 0.476 e. The van der Waals surface area contributed by atoms with Crippen molar-refractivity contribution >= 4 is 17.4 Å². The fraction of sp³-hybridized carbons (Fsp3) is 0.462. The number of nitrogens with zero attached hydrogens (tertiary/aromatic N) is 4. The molecule has 3 heterocycles. The second kappa shape index (κ2) is 5.09. The normalized spacial score (nSPS) is 20.1. The molecule has 1 fully saturated rings. The van der Waals surface area contributed by atoms with Gasteiger partial charge in [-0.3, -0.25) is 0 Å². The molecule has 1 unspecified atom stereocenters. The number of fused-ring (bicyclic) bond motifs is 1. The summed E-state index contributed by atoms with van der Waals surface area (Å²) in [4.78, 5) is 21.7. The van der Waals surface area contributed by atoms with E-state index < -0.39 is 5.97 Å². The van der Waals surface area contributed by atoms with Crippen molar-refractivity contribution in [2.24, 2.45) is 0 Å². The smallest absolute Gasteiger partial charge is 0.356 e. The van der Waals surface area contributed by atoms with E-state index in [1.807, 2.05) is 6.92 Å². The zero-order valence-corrected chi connectivity index (χ0v) is 11.2. The van der Waals surface area contributed by atoms with Gasteiger partial charge >= 0.3 is 5.97 Å². The van der Waals surface area contributed by atoms with Crippen LogP contribution in [0.25, 0.3) is 5.65 Å². The van der Waals surface area contributed by atoms with E-state index in [4.69, 9.17) is 9.84 Å². The first kappa shape index (κ1) is 12.9. The third-order valence-corrected chi connectivity index (χ3v) is 3.33. The van der Waals surface area contributed by atoms with E-state index in [9.17, 15) is 4.79 Å². The maximum absolute atomic E-state index is 11.0. The highest BCUT2D eigenvalue weighted by atomic mass is 16.5. The quantitative estimate of drug-likeness (QED) is 0.883.